The van der Waals surface area contributed by atoms with Crippen molar-refractivity contribution in [1.29, 1.82) is 0 Å². The van der Waals surface area contributed by atoms with E-state index in [1.165, 1.54) is 7.05 Å². The maximum absolute atomic E-state index is 12.6. The third kappa shape index (κ3) is 3.57. The zero-order chi connectivity index (χ0) is 13.9. The van der Waals surface area contributed by atoms with Crippen molar-refractivity contribution in [2.75, 3.05) is 0 Å². The Morgan fingerprint density at radius 3 is 2.42 bits per heavy atom. The third-order valence-electron chi connectivity index (χ3n) is 2.70. The molecular weight excluding hydrogens is 255 g/mol. The van der Waals surface area contributed by atoms with Crippen molar-refractivity contribution in [2.24, 2.45) is 7.05 Å². The number of nitrogens with zero attached hydrogens (tertiary/aromatic N) is 2. The van der Waals surface area contributed by atoms with Gasteiger partial charge in [-0.25, -0.2) is 0 Å². The lowest BCUT2D eigenvalue weighted by atomic mass is 10.2. The van der Waals surface area contributed by atoms with Gasteiger partial charge in [-0.05, 0) is 11.6 Å². The van der Waals surface area contributed by atoms with Crippen molar-refractivity contribution in [2.45, 2.75) is 19.3 Å². The number of hydrogen-bond donors (Lipinski definition) is 1. The Kier molecular flexibility index (Phi) is 3.90. The Bertz CT molecular complexity index is 532. The molecule has 0 atom stereocenters. The van der Waals surface area contributed by atoms with E-state index in [0.717, 1.165) is 16.3 Å². The molecule has 0 aliphatic rings. The van der Waals surface area contributed by atoms with Crippen LogP contribution in [-0.4, -0.2) is 9.78 Å². The Hall–Kier alpha value is -1.82. The summed E-state index contributed by atoms with van der Waals surface area (Å²) < 4.78 is 38.6. The highest BCUT2D eigenvalue weighted by Crippen LogP contribution is 2.29. The molecule has 0 spiro atoms. The van der Waals surface area contributed by atoms with E-state index in [9.17, 15) is 13.2 Å². The van der Waals surface area contributed by atoms with Crippen LogP contribution in [0.25, 0.3) is 0 Å². The highest BCUT2D eigenvalue weighted by atomic mass is 19.4. The van der Waals surface area contributed by atoms with Crippen LogP contribution >= 0.6 is 0 Å². The first kappa shape index (κ1) is 13.6. The Morgan fingerprint density at radius 1 is 1.16 bits per heavy atom. The van der Waals surface area contributed by atoms with Crippen molar-refractivity contribution in [3.8, 4) is 0 Å². The molecule has 0 fully saturated rings. The third-order valence-corrected chi connectivity index (χ3v) is 2.70. The van der Waals surface area contributed by atoms with E-state index in [1.807, 2.05) is 30.3 Å². The van der Waals surface area contributed by atoms with Gasteiger partial charge in [0.15, 0.2) is 0 Å². The van der Waals surface area contributed by atoms with Gasteiger partial charge in [-0.15, -0.1) is 0 Å². The van der Waals surface area contributed by atoms with Crippen LogP contribution in [0.2, 0.25) is 0 Å². The van der Waals surface area contributed by atoms with Gasteiger partial charge in [-0.2, -0.15) is 18.3 Å². The first-order valence-electron chi connectivity index (χ1n) is 5.81. The van der Waals surface area contributed by atoms with Crippen LogP contribution in [0.3, 0.4) is 0 Å². The van der Waals surface area contributed by atoms with E-state index in [1.54, 1.807) is 0 Å². The average molecular weight is 269 g/mol. The van der Waals surface area contributed by atoms with Gasteiger partial charge < -0.3 is 5.32 Å². The number of halogens is 3. The minimum atomic E-state index is -4.36. The highest BCUT2D eigenvalue weighted by Gasteiger charge is 2.34. The average Bonchev–Trinajstić information content (AvgIpc) is 2.72. The fourth-order valence-corrected chi connectivity index (χ4v) is 1.81. The lowest BCUT2D eigenvalue weighted by molar-refractivity contribution is -0.143. The Labute approximate surface area is 109 Å². The second kappa shape index (κ2) is 5.44. The molecule has 0 amide bonds. The second-order valence-electron chi connectivity index (χ2n) is 4.23. The SMILES string of the molecule is Cn1nc(CNCc2ccccc2)cc1C(F)(F)F. The van der Waals surface area contributed by atoms with Crippen molar-refractivity contribution in [3.05, 3.63) is 53.3 Å². The lowest BCUT2D eigenvalue weighted by Crippen LogP contribution is -2.13. The van der Waals surface area contributed by atoms with Crippen LogP contribution < -0.4 is 5.32 Å². The summed E-state index contributed by atoms with van der Waals surface area (Å²) >= 11 is 0. The van der Waals surface area contributed by atoms with Gasteiger partial charge in [0.1, 0.15) is 5.69 Å². The Balaban J connectivity index is 1.94. The summed E-state index contributed by atoms with van der Waals surface area (Å²) in [6, 6.07) is 10.7. The molecule has 102 valence electrons. The highest BCUT2D eigenvalue weighted by molar-refractivity contribution is 5.15. The predicted molar refractivity (Wildman–Crippen MR) is 65.2 cm³/mol. The minimum Gasteiger partial charge on any atom is -0.307 e. The van der Waals surface area contributed by atoms with Gasteiger partial charge >= 0.3 is 6.18 Å². The van der Waals surface area contributed by atoms with E-state index in [4.69, 9.17) is 0 Å². The zero-order valence-electron chi connectivity index (χ0n) is 10.4. The molecule has 0 saturated carbocycles. The van der Waals surface area contributed by atoms with Crippen LogP contribution in [-0.2, 0) is 26.3 Å². The molecule has 0 radical (unpaired) electrons. The standard InChI is InChI=1S/C13H14F3N3/c1-19-12(13(14,15)16)7-11(18-19)9-17-8-10-5-3-2-4-6-10/h2-7,17H,8-9H2,1H3. The van der Waals surface area contributed by atoms with Gasteiger partial charge in [0.2, 0.25) is 0 Å². The summed E-state index contributed by atoms with van der Waals surface area (Å²) in [6.07, 6.45) is -4.36. The molecule has 2 rings (SSSR count). The molecule has 0 unspecified atom stereocenters. The molecule has 1 heterocycles. The molecule has 1 aromatic heterocycles. The van der Waals surface area contributed by atoms with Crippen LogP contribution in [0, 0.1) is 0 Å². The van der Waals surface area contributed by atoms with Gasteiger partial charge in [0.25, 0.3) is 0 Å². The van der Waals surface area contributed by atoms with E-state index >= 15 is 0 Å². The van der Waals surface area contributed by atoms with Gasteiger partial charge in [0, 0.05) is 20.1 Å². The van der Waals surface area contributed by atoms with Crippen LogP contribution in [0.15, 0.2) is 36.4 Å². The summed E-state index contributed by atoms with van der Waals surface area (Å²) in [4.78, 5) is 0. The predicted octanol–water partition coefficient (Wildman–Crippen LogP) is 2.73. The van der Waals surface area contributed by atoms with E-state index in [-0.39, 0.29) is 0 Å². The van der Waals surface area contributed by atoms with Crippen molar-refractivity contribution >= 4 is 0 Å². The molecule has 2 aromatic rings. The number of rotatable bonds is 4. The van der Waals surface area contributed by atoms with Crippen LogP contribution in [0.4, 0.5) is 13.2 Å². The number of nitrogens with one attached hydrogen (secondary N) is 1. The van der Waals surface area contributed by atoms with Crippen molar-refractivity contribution in [3.63, 3.8) is 0 Å². The quantitative estimate of drug-likeness (QED) is 0.925. The lowest BCUT2D eigenvalue weighted by Gasteiger charge is -2.04. The molecule has 3 nitrogen and oxygen atoms in total. The Morgan fingerprint density at radius 2 is 1.84 bits per heavy atom. The minimum absolute atomic E-state index is 0.304. The molecular formula is C13H14F3N3. The fraction of sp³-hybridized carbons (Fsp3) is 0.308. The van der Waals surface area contributed by atoms with Gasteiger partial charge in [0.05, 0.1) is 5.69 Å². The molecule has 6 heteroatoms. The number of hydrogen-bond acceptors (Lipinski definition) is 2. The molecule has 1 N–H and O–H groups in total. The maximum atomic E-state index is 12.6. The number of aryl methyl sites for hydroxylation is 1. The molecule has 0 aliphatic heterocycles. The largest absolute Gasteiger partial charge is 0.433 e. The summed E-state index contributed by atoms with van der Waals surface area (Å²) in [5.74, 6) is 0. The second-order valence-corrected chi connectivity index (χ2v) is 4.23. The zero-order valence-corrected chi connectivity index (χ0v) is 10.4. The fourth-order valence-electron chi connectivity index (χ4n) is 1.81. The van der Waals surface area contributed by atoms with E-state index in [0.29, 0.717) is 18.8 Å². The summed E-state index contributed by atoms with van der Waals surface area (Å²) in [7, 11) is 1.30. The molecule has 0 bridgehead atoms. The number of benzene rings is 1. The number of alkyl halides is 3. The topological polar surface area (TPSA) is 29.9 Å². The monoisotopic (exact) mass is 269 g/mol. The van der Waals surface area contributed by atoms with Crippen LogP contribution in [0.5, 0.6) is 0 Å². The maximum Gasteiger partial charge on any atom is 0.433 e. The normalized spacial score (nSPS) is 11.8. The van der Waals surface area contributed by atoms with Crippen LogP contribution in [0.1, 0.15) is 17.0 Å². The summed E-state index contributed by atoms with van der Waals surface area (Å²) in [5, 5.41) is 6.91. The van der Waals surface area contributed by atoms with E-state index in [2.05, 4.69) is 10.4 Å². The van der Waals surface area contributed by atoms with Crippen molar-refractivity contribution < 1.29 is 13.2 Å². The molecule has 0 aliphatic carbocycles. The molecule has 0 saturated heterocycles. The molecule has 19 heavy (non-hydrogen) atoms. The number of aromatic nitrogens is 2. The first-order chi connectivity index (χ1) is 8.97. The first-order valence-corrected chi connectivity index (χ1v) is 5.81. The van der Waals surface area contributed by atoms with E-state index < -0.39 is 11.9 Å². The van der Waals surface area contributed by atoms with Gasteiger partial charge in [-0.1, -0.05) is 30.3 Å². The van der Waals surface area contributed by atoms with Gasteiger partial charge in [-0.3, -0.25) is 4.68 Å². The van der Waals surface area contributed by atoms with Crippen molar-refractivity contribution in [1.82, 2.24) is 15.1 Å². The molecule has 1 aromatic carbocycles. The summed E-state index contributed by atoms with van der Waals surface area (Å²) in [6.45, 7) is 0.900. The smallest absolute Gasteiger partial charge is 0.307 e. The summed E-state index contributed by atoms with van der Waals surface area (Å²) in [5.41, 5.74) is 0.726.